The second-order valence-electron chi connectivity index (χ2n) is 17.8. The first kappa shape index (κ1) is 52.0. The Morgan fingerprint density at radius 2 is 0.864 bits per heavy atom. The van der Waals surface area contributed by atoms with Crippen molar-refractivity contribution in [3.05, 3.63) is 59.2 Å². The summed E-state index contributed by atoms with van der Waals surface area (Å²) in [5.74, 6) is 10.7. The van der Waals surface area contributed by atoms with Crippen LogP contribution >= 0.6 is 0 Å². The topological polar surface area (TPSA) is 44.8 Å². The van der Waals surface area contributed by atoms with E-state index < -0.39 is 8.07 Å². The Labute approximate surface area is 365 Å². The molecule has 0 N–H and O–H groups in total. The van der Waals surface area contributed by atoms with Gasteiger partial charge in [-0.05, 0) is 37.1 Å². The van der Waals surface area contributed by atoms with Crippen molar-refractivity contribution in [3.8, 4) is 34.8 Å². The summed E-state index contributed by atoms with van der Waals surface area (Å²) in [5, 5.41) is 0. The van der Waals surface area contributed by atoms with Crippen molar-refractivity contribution in [2.24, 2.45) is 0 Å². The fourth-order valence-electron chi connectivity index (χ4n) is 7.22. The molecule has 0 heterocycles. The normalized spacial score (nSPS) is 11.1. The average molecular weight is 827 g/mol. The third-order valence-corrected chi connectivity index (χ3v) is 11.7. The first-order valence-corrected chi connectivity index (χ1v) is 28.0. The smallest absolute Gasteiger partial charge is 0.338 e. The largest absolute Gasteiger partial charge is 0.493 e. The number of ether oxygens (including phenoxy) is 3. The molecular formula is C54H86O4Si. The Kier molecular flexibility index (Phi) is 31.4. The molecule has 0 unspecified atom stereocenters. The lowest BCUT2D eigenvalue weighted by Crippen LogP contribution is -2.16. The number of esters is 1. The molecule has 0 aliphatic heterocycles. The number of rotatable bonds is 35. The van der Waals surface area contributed by atoms with Gasteiger partial charge in [0.05, 0.1) is 18.8 Å². The zero-order valence-corrected chi connectivity index (χ0v) is 39.8. The lowest BCUT2D eigenvalue weighted by molar-refractivity contribution is 0.0512. The molecule has 0 fully saturated rings. The van der Waals surface area contributed by atoms with Crippen LogP contribution in [0.2, 0.25) is 19.6 Å². The minimum Gasteiger partial charge on any atom is -0.493 e. The summed E-state index contributed by atoms with van der Waals surface area (Å²) >= 11 is 0. The highest BCUT2D eigenvalue weighted by atomic mass is 28.3. The van der Waals surface area contributed by atoms with Crippen LogP contribution in [0.5, 0.6) is 11.5 Å². The van der Waals surface area contributed by atoms with Crippen LogP contribution in [0.15, 0.2) is 42.5 Å². The Bertz CT molecular complexity index is 1420. The van der Waals surface area contributed by atoms with Gasteiger partial charge in [0.25, 0.3) is 0 Å². The van der Waals surface area contributed by atoms with Crippen molar-refractivity contribution in [3.63, 3.8) is 0 Å². The highest BCUT2D eigenvalue weighted by Gasteiger charge is 2.13. The summed E-state index contributed by atoms with van der Waals surface area (Å²) in [6.07, 6.45) is 37.6. The van der Waals surface area contributed by atoms with Gasteiger partial charge >= 0.3 is 5.97 Å². The average Bonchev–Trinajstić information content (AvgIpc) is 3.22. The van der Waals surface area contributed by atoms with E-state index in [1.165, 1.54) is 154 Å². The number of carbonyl (C=O) groups is 1. The highest BCUT2D eigenvalue weighted by Crippen LogP contribution is 2.25. The molecule has 4 nitrogen and oxygen atoms in total. The fourth-order valence-corrected chi connectivity index (χ4v) is 7.73. The Balaban J connectivity index is 1.79. The van der Waals surface area contributed by atoms with Gasteiger partial charge in [-0.15, -0.1) is 5.54 Å². The van der Waals surface area contributed by atoms with Gasteiger partial charge in [0, 0.05) is 23.6 Å². The van der Waals surface area contributed by atoms with E-state index in [0.717, 1.165) is 36.8 Å². The molecule has 0 amide bonds. The van der Waals surface area contributed by atoms with Gasteiger partial charge in [-0.2, -0.15) is 0 Å². The maximum absolute atomic E-state index is 13.2. The number of carbonyl (C=O) groups excluding carboxylic acids is 1. The van der Waals surface area contributed by atoms with Crippen molar-refractivity contribution in [1.82, 2.24) is 0 Å². The molecule has 0 radical (unpaired) electrons. The monoisotopic (exact) mass is 827 g/mol. The molecule has 2 rings (SSSR count). The Morgan fingerprint density at radius 3 is 1.25 bits per heavy atom. The first-order valence-electron chi connectivity index (χ1n) is 24.5. The van der Waals surface area contributed by atoms with Crippen molar-refractivity contribution in [2.75, 3.05) is 19.8 Å². The number of hydrogen-bond donors (Lipinski definition) is 0. The molecule has 5 heteroatoms. The second kappa shape index (κ2) is 35.6. The van der Waals surface area contributed by atoms with Gasteiger partial charge in [0.2, 0.25) is 0 Å². The lowest BCUT2D eigenvalue weighted by atomic mass is 10.0. The second-order valence-corrected chi connectivity index (χ2v) is 22.6. The van der Waals surface area contributed by atoms with E-state index in [1.807, 2.05) is 30.3 Å². The van der Waals surface area contributed by atoms with Crippen LogP contribution in [-0.4, -0.2) is 33.9 Å². The molecule has 0 aromatic heterocycles. The Hall–Kier alpha value is -3.15. The van der Waals surface area contributed by atoms with E-state index in [1.54, 1.807) is 12.1 Å². The maximum Gasteiger partial charge on any atom is 0.338 e. The summed E-state index contributed by atoms with van der Waals surface area (Å²) in [6.45, 7) is 12.8. The quantitative estimate of drug-likeness (QED) is 0.0301. The fraction of sp³-hybridized carbons (Fsp3) is 0.685. The van der Waals surface area contributed by atoms with Crippen molar-refractivity contribution in [1.29, 1.82) is 0 Å². The van der Waals surface area contributed by atoms with Crippen LogP contribution in [0, 0.1) is 23.3 Å². The van der Waals surface area contributed by atoms with Crippen molar-refractivity contribution in [2.45, 2.75) is 220 Å². The molecular weight excluding hydrogens is 741 g/mol. The number of hydrogen-bond acceptors (Lipinski definition) is 4. The van der Waals surface area contributed by atoms with E-state index in [4.69, 9.17) is 14.2 Å². The lowest BCUT2D eigenvalue weighted by Gasteiger charge is -2.12. The summed E-state index contributed by atoms with van der Waals surface area (Å²) < 4.78 is 18.1. The molecule has 0 bridgehead atoms. The Morgan fingerprint density at radius 1 is 0.492 bits per heavy atom. The van der Waals surface area contributed by atoms with Crippen LogP contribution in [0.1, 0.15) is 222 Å². The summed E-state index contributed by atoms with van der Waals surface area (Å²) in [5.41, 5.74) is 5.75. The minimum absolute atomic E-state index is 0.216. The SMILES string of the molecule is CCCCCCCCCCCCCCCCOc1cc(OCCCCCCCCCCCCCCCC)cc(C(=O)OCCC#Cc2ccccc2C#C[Si](C)(C)C)c1. The summed E-state index contributed by atoms with van der Waals surface area (Å²) in [7, 11) is -1.49. The van der Waals surface area contributed by atoms with Gasteiger partial charge in [-0.1, -0.05) is 230 Å². The molecule has 0 aliphatic carbocycles. The van der Waals surface area contributed by atoms with E-state index in [2.05, 4.69) is 56.8 Å². The van der Waals surface area contributed by atoms with Gasteiger partial charge in [0.1, 0.15) is 26.2 Å². The van der Waals surface area contributed by atoms with Crippen LogP contribution in [-0.2, 0) is 4.74 Å². The molecule has 2 aromatic rings. The zero-order chi connectivity index (χ0) is 42.5. The molecule has 330 valence electrons. The zero-order valence-electron chi connectivity index (χ0n) is 38.8. The molecule has 0 saturated carbocycles. The predicted octanol–water partition coefficient (Wildman–Crippen LogP) is 16.2. The number of benzene rings is 2. The number of unbranched alkanes of at least 4 members (excludes halogenated alkanes) is 26. The highest BCUT2D eigenvalue weighted by molar-refractivity contribution is 6.83. The predicted molar refractivity (Wildman–Crippen MR) is 256 cm³/mol. The van der Waals surface area contributed by atoms with E-state index in [-0.39, 0.29) is 12.6 Å². The van der Waals surface area contributed by atoms with Gasteiger partial charge in [0.15, 0.2) is 0 Å². The molecule has 59 heavy (non-hydrogen) atoms. The van der Waals surface area contributed by atoms with Crippen LogP contribution in [0.3, 0.4) is 0 Å². The summed E-state index contributed by atoms with van der Waals surface area (Å²) in [4.78, 5) is 13.2. The standard InChI is InChI=1S/C54H86O4Si/c1-6-8-10-12-14-16-18-20-22-24-26-28-30-35-42-56-52-46-51(54(55)58-44-37-34-40-49-38-32-33-39-50(49)41-45-59(3,4)5)47-53(48-52)57-43-36-31-29-27-25-23-21-19-17-15-13-11-9-7-2/h32-33,38-39,46-48H,6-31,35-37,42-44H2,1-5H3. The van der Waals surface area contributed by atoms with Crippen molar-refractivity contribution < 1.29 is 19.0 Å². The van der Waals surface area contributed by atoms with E-state index >= 15 is 0 Å². The van der Waals surface area contributed by atoms with Crippen LogP contribution in [0.25, 0.3) is 0 Å². The van der Waals surface area contributed by atoms with Crippen LogP contribution < -0.4 is 9.47 Å². The molecule has 0 spiro atoms. The van der Waals surface area contributed by atoms with E-state index in [9.17, 15) is 4.79 Å². The third kappa shape index (κ3) is 29.7. The minimum atomic E-state index is -1.49. The molecule has 0 saturated heterocycles. The molecule has 0 aliphatic rings. The van der Waals surface area contributed by atoms with Crippen molar-refractivity contribution >= 4 is 14.0 Å². The van der Waals surface area contributed by atoms with Gasteiger partial charge in [-0.3, -0.25) is 0 Å². The first-order chi connectivity index (χ1) is 28.8. The van der Waals surface area contributed by atoms with Crippen LogP contribution in [0.4, 0.5) is 0 Å². The maximum atomic E-state index is 13.2. The molecule has 2 aromatic carbocycles. The summed E-state index contributed by atoms with van der Waals surface area (Å²) in [6, 6.07) is 13.5. The van der Waals surface area contributed by atoms with Gasteiger partial charge in [-0.25, -0.2) is 4.79 Å². The van der Waals surface area contributed by atoms with E-state index in [0.29, 0.717) is 36.7 Å². The van der Waals surface area contributed by atoms with Gasteiger partial charge < -0.3 is 14.2 Å². The molecule has 0 atom stereocenters. The third-order valence-electron chi connectivity index (χ3n) is 10.8.